The number of fused-ring (bicyclic) bond motifs is 1. The molecule has 2 atom stereocenters. The third-order valence-electron chi connectivity index (χ3n) is 3.06. The summed E-state index contributed by atoms with van der Waals surface area (Å²) in [5, 5.41) is 9.57. The van der Waals surface area contributed by atoms with Gasteiger partial charge < -0.3 is 5.73 Å². The second-order valence-corrected chi connectivity index (χ2v) is 5.00. The molecule has 1 aliphatic rings. The SMILES string of the molecule is CCC1c2c(sc(N)c2C#N)CCC1F. The van der Waals surface area contributed by atoms with Crippen LogP contribution in [0.2, 0.25) is 0 Å². The summed E-state index contributed by atoms with van der Waals surface area (Å²) in [6.45, 7) is 1.96. The topological polar surface area (TPSA) is 49.8 Å². The van der Waals surface area contributed by atoms with Crippen molar-refractivity contribution in [3.05, 3.63) is 16.0 Å². The number of thiophene rings is 1. The fourth-order valence-corrected chi connectivity index (χ4v) is 3.42. The number of nitriles is 1. The van der Waals surface area contributed by atoms with E-state index in [1.165, 1.54) is 11.3 Å². The Bertz CT molecular complexity index is 419. The minimum atomic E-state index is -0.816. The van der Waals surface area contributed by atoms with Crippen LogP contribution < -0.4 is 5.73 Å². The van der Waals surface area contributed by atoms with Crippen LogP contribution in [0.15, 0.2) is 0 Å². The van der Waals surface area contributed by atoms with E-state index in [2.05, 4.69) is 6.07 Å². The number of halogens is 1. The quantitative estimate of drug-likeness (QED) is 0.797. The van der Waals surface area contributed by atoms with Crippen LogP contribution in [0.5, 0.6) is 0 Å². The van der Waals surface area contributed by atoms with Gasteiger partial charge in [0, 0.05) is 10.8 Å². The van der Waals surface area contributed by atoms with E-state index in [-0.39, 0.29) is 5.92 Å². The molecule has 2 unspecified atom stereocenters. The van der Waals surface area contributed by atoms with E-state index in [0.717, 1.165) is 23.3 Å². The molecular weight excluding hydrogens is 211 g/mol. The summed E-state index contributed by atoms with van der Waals surface area (Å²) in [5.41, 5.74) is 7.18. The van der Waals surface area contributed by atoms with Gasteiger partial charge in [-0.15, -0.1) is 11.3 Å². The van der Waals surface area contributed by atoms with E-state index in [9.17, 15) is 4.39 Å². The molecule has 0 bridgehead atoms. The van der Waals surface area contributed by atoms with E-state index in [0.29, 0.717) is 17.0 Å². The first kappa shape index (κ1) is 10.4. The molecule has 1 aromatic rings. The van der Waals surface area contributed by atoms with Gasteiger partial charge in [0.15, 0.2) is 0 Å². The Morgan fingerprint density at radius 3 is 3.00 bits per heavy atom. The normalized spacial score (nSPS) is 24.6. The van der Waals surface area contributed by atoms with Crippen molar-refractivity contribution in [2.24, 2.45) is 0 Å². The Morgan fingerprint density at radius 1 is 1.67 bits per heavy atom. The summed E-state index contributed by atoms with van der Waals surface area (Å²) in [6.07, 6.45) is 1.21. The summed E-state index contributed by atoms with van der Waals surface area (Å²) in [6, 6.07) is 2.11. The molecule has 0 aliphatic heterocycles. The first-order chi connectivity index (χ1) is 7.19. The van der Waals surface area contributed by atoms with Crippen LogP contribution >= 0.6 is 11.3 Å². The maximum absolute atomic E-state index is 13.7. The first-order valence-corrected chi connectivity index (χ1v) is 5.95. The van der Waals surface area contributed by atoms with Crippen LogP contribution in [0.25, 0.3) is 0 Å². The number of anilines is 1. The zero-order chi connectivity index (χ0) is 11.0. The van der Waals surface area contributed by atoms with Crippen molar-refractivity contribution in [1.82, 2.24) is 0 Å². The van der Waals surface area contributed by atoms with Gasteiger partial charge >= 0.3 is 0 Å². The molecule has 2 nitrogen and oxygen atoms in total. The Morgan fingerprint density at radius 2 is 2.40 bits per heavy atom. The molecule has 0 aromatic carbocycles. The average Bonchev–Trinajstić information content (AvgIpc) is 2.54. The number of rotatable bonds is 1. The van der Waals surface area contributed by atoms with Crippen LogP contribution in [-0.4, -0.2) is 6.17 Å². The Hall–Kier alpha value is -1.08. The standard InChI is InChI=1S/C11H13FN2S/c1-2-6-8(12)3-4-9-10(6)7(5-13)11(14)15-9/h6,8H,2-4,14H2,1H3. The van der Waals surface area contributed by atoms with Gasteiger partial charge in [-0.2, -0.15) is 5.26 Å². The van der Waals surface area contributed by atoms with Gasteiger partial charge in [0.05, 0.1) is 5.56 Å². The summed E-state index contributed by atoms with van der Waals surface area (Å²) < 4.78 is 13.7. The summed E-state index contributed by atoms with van der Waals surface area (Å²) in [5.74, 6) is -0.128. The zero-order valence-corrected chi connectivity index (χ0v) is 9.40. The van der Waals surface area contributed by atoms with Crippen LogP contribution in [0.1, 0.15) is 41.7 Å². The molecule has 0 saturated carbocycles. The Kier molecular flexibility index (Phi) is 2.66. The molecule has 15 heavy (non-hydrogen) atoms. The van der Waals surface area contributed by atoms with E-state index >= 15 is 0 Å². The lowest BCUT2D eigenvalue weighted by Crippen LogP contribution is -2.20. The number of aryl methyl sites for hydroxylation is 1. The molecule has 0 saturated heterocycles. The van der Waals surface area contributed by atoms with Crippen LogP contribution in [0.3, 0.4) is 0 Å². The number of nitrogens with zero attached hydrogens (tertiary/aromatic N) is 1. The fraction of sp³-hybridized carbons (Fsp3) is 0.545. The molecule has 1 heterocycles. The van der Waals surface area contributed by atoms with Gasteiger partial charge in [0.25, 0.3) is 0 Å². The number of nitrogens with two attached hydrogens (primary N) is 1. The van der Waals surface area contributed by atoms with E-state index in [4.69, 9.17) is 11.0 Å². The Balaban J connectivity index is 2.56. The first-order valence-electron chi connectivity index (χ1n) is 5.14. The van der Waals surface area contributed by atoms with E-state index in [1.54, 1.807) is 0 Å². The molecule has 0 spiro atoms. The van der Waals surface area contributed by atoms with Gasteiger partial charge in [0.1, 0.15) is 17.2 Å². The predicted octanol–water partition coefficient (Wildman–Crippen LogP) is 2.98. The van der Waals surface area contributed by atoms with Gasteiger partial charge in [-0.3, -0.25) is 0 Å². The molecule has 2 rings (SSSR count). The van der Waals surface area contributed by atoms with E-state index < -0.39 is 6.17 Å². The van der Waals surface area contributed by atoms with Crippen molar-refractivity contribution in [3.8, 4) is 6.07 Å². The number of nitrogen functional groups attached to an aromatic ring is 1. The molecule has 0 radical (unpaired) electrons. The lowest BCUT2D eigenvalue weighted by atomic mass is 9.82. The minimum absolute atomic E-state index is 0.128. The zero-order valence-electron chi connectivity index (χ0n) is 8.59. The molecule has 1 aliphatic carbocycles. The highest BCUT2D eigenvalue weighted by Crippen LogP contribution is 2.44. The molecule has 0 fully saturated rings. The number of hydrogen-bond donors (Lipinski definition) is 1. The number of alkyl halides is 1. The van der Waals surface area contributed by atoms with Crippen LogP contribution in [0.4, 0.5) is 9.39 Å². The van der Waals surface area contributed by atoms with Gasteiger partial charge in [-0.25, -0.2) is 4.39 Å². The largest absolute Gasteiger partial charge is 0.389 e. The van der Waals surface area contributed by atoms with E-state index in [1.807, 2.05) is 6.92 Å². The smallest absolute Gasteiger partial charge is 0.107 e. The molecule has 2 N–H and O–H groups in total. The summed E-state index contributed by atoms with van der Waals surface area (Å²) >= 11 is 1.45. The highest BCUT2D eigenvalue weighted by molar-refractivity contribution is 7.16. The Labute approximate surface area is 92.5 Å². The van der Waals surface area contributed by atoms with Gasteiger partial charge in [-0.1, -0.05) is 6.92 Å². The predicted molar refractivity (Wildman–Crippen MR) is 59.7 cm³/mol. The van der Waals surface area contributed by atoms with Crippen molar-refractivity contribution in [1.29, 1.82) is 5.26 Å². The van der Waals surface area contributed by atoms with Crippen molar-refractivity contribution in [2.45, 2.75) is 38.3 Å². The second-order valence-electron chi connectivity index (χ2n) is 3.86. The summed E-state index contributed by atoms with van der Waals surface area (Å²) in [7, 11) is 0. The highest BCUT2D eigenvalue weighted by atomic mass is 32.1. The molecule has 4 heteroatoms. The van der Waals surface area contributed by atoms with Gasteiger partial charge in [0.2, 0.25) is 0 Å². The van der Waals surface area contributed by atoms with Crippen molar-refractivity contribution < 1.29 is 4.39 Å². The fourth-order valence-electron chi connectivity index (χ4n) is 2.31. The highest BCUT2D eigenvalue weighted by Gasteiger charge is 2.33. The molecule has 1 aromatic heterocycles. The van der Waals surface area contributed by atoms with Crippen LogP contribution in [-0.2, 0) is 6.42 Å². The summed E-state index contributed by atoms with van der Waals surface area (Å²) in [4.78, 5) is 1.12. The third-order valence-corrected chi connectivity index (χ3v) is 4.15. The average molecular weight is 224 g/mol. The maximum atomic E-state index is 13.7. The third kappa shape index (κ3) is 1.51. The second kappa shape index (κ2) is 3.82. The monoisotopic (exact) mass is 224 g/mol. The minimum Gasteiger partial charge on any atom is -0.389 e. The lowest BCUT2D eigenvalue weighted by molar-refractivity contribution is 0.249. The number of hydrogen-bond acceptors (Lipinski definition) is 3. The lowest BCUT2D eigenvalue weighted by Gasteiger charge is -2.25. The van der Waals surface area contributed by atoms with Crippen molar-refractivity contribution in [2.75, 3.05) is 5.73 Å². The van der Waals surface area contributed by atoms with Crippen molar-refractivity contribution in [3.63, 3.8) is 0 Å². The van der Waals surface area contributed by atoms with Crippen LogP contribution in [0, 0.1) is 11.3 Å². The maximum Gasteiger partial charge on any atom is 0.107 e. The molecule has 0 amide bonds. The molecule has 80 valence electrons. The van der Waals surface area contributed by atoms with Gasteiger partial charge in [-0.05, 0) is 24.8 Å². The van der Waals surface area contributed by atoms with Crippen molar-refractivity contribution >= 4 is 16.3 Å². The molecular formula is C11H13FN2S.